The van der Waals surface area contributed by atoms with Crippen molar-refractivity contribution in [3.8, 4) is 11.1 Å². The Morgan fingerprint density at radius 2 is 1.74 bits per heavy atom. The maximum Gasteiger partial charge on any atom is 0.251 e. The summed E-state index contributed by atoms with van der Waals surface area (Å²) in [5.41, 5.74) is 7.75. The van der Waals surface area contributed by atoms with Crippen LogP contribution in [-0.4, -0.2) is 29.9 Å². The van der Waals surface area contributed by atoms with Gasteiger partial charge in [-0.1, -0.05) is 84.7 Å². The minimum atomic E-state index is 0.105. The number of halogens is 2. The van der Waals surface area contributed by atoms with Gasteiger partial charge in [-0.05, 0) is 77.8 Å². The van der Waals surface area contributed by atoms with E-state index in [2.05, 4.69) is 54.7 Å². The summed E-state index contributed by atoms with van der Waals surface area (Å²) in [4.78, 5) is 16.0. The van der Waals surface area contributed by atoms with Gasteiger partial charge in [0.2, 0.25) is 0 Å². The predicted octanol–water partition coefficient (Wildman–Crippen LogP) is 7.16. The number of hydrogen-bond donors (Lipinski definition) is 1. The molecular weight excluding hydrogens is 475 g/mol. The quantitative estimate of drug-likeness (QED) is 0.370. The summed E-state index contributed by atoms with van der Waals surface area (Å²) in [5, 5.41) is 4.49. The Bertz CT molecular complexity index is 1260. The van der Waals surface area contributed by atoms with Crippen LogP contribution in [0.2, 0.25) is 10.0 Å². The summed E-state index contributed by atoms with van der Waals surface area (Å²) in [6, 6.07) is 23.1. The van der Waals surface area contributed by atoms with Crippen molar-refractivity contribution < 1.29 is 4.79 Å². The largest absolute Gasteiger partial charge is 0.332 e. The van der Waals surface area contributed by atoms with Gasteiger partial charge in [0, 0.05) is 24.7 Å². The number of nitrogens with zero attached hydrogens (tertiary/aromatic N) is 1. The molecule has 1 saturated carbocycles. The number of benzene rings is 3. The molecule has 1 N–H and O–H groups in total. The van der Waals surface area contributed by atoms with Gasteiger partial charge in [-0.3, -0.25) is 4.79 Å². The maximum absolute atomic E-state index is 14.0. The Morgan fingerprint density at radius 3 is 2.49 bits per heavy atom. The van der Waals surface area contributed by atoms with Crippen molar-refractivity contribution in [1.29, 1.82) is 0 Å². The molecule has 180 valence electrons. The summed E-state index contributed by atoms with van der Waals surface area (Å²) in [6.45, 7) is 4.11. The average Bonchev–Trinajstić information content (AvgIpc) is 3.75. The van der Waals surface area contributed by atoms with Crippen molar-refractivity contribution in [2.75, 3.05) is 13.1 Å². The molecule has 35 heavy (non-hydrogen) atoms. The van der Waals surface area contributed by atoms with Gasteiger partial charge in [0.25, 0.3) is 5.91 Å². The average molecular weight is 505 g/mol. The topological polar surface area (TPSA) is 32.3 Å². The van der Waals surface area contributed by atoms with Crippen molar-refractivity contribution in [2.24, 2.45) is 0 Å². The zero-order valence-corrected chi connectivity index (χ0v) is 21.5. The Balaban J connectivity index is 1.54. The molecule has 0 spiro atoms. The van der Waals surface area contributed by atoms with Gasteiger partial charge in [-0.15, -0.1) is 0 Å². The number of carbonyl (C=O) groups is 1. The maximum atomic E-state index is 14.0. The van der Waals surface area contributed by atoms with Gasteiger partial charge < -0.3 is 10.2 Å². The van der Waals surface area contributed by atoms with E-state index in [0.29, 0.717) is 23.1 Å². The molecule has 1 aliphatic heterocycles. The minimum Gasteiger partial charge on any atom is -0.332 e. The number of aryl methyl sites for hydroxylation is 1. The van der Waals surface area contributed by atoms with E-state index < -0.39 is 0 Å². The lowest BCUT2D eigenvalue weighted by atomic mass is 9.89. The van der Waals surface area contributed by atoms with Crippen LogP contribution >= 0.6 is 23.2 Å². The molecule has 5 rings (SSSR count). The van der Waals surface area contributed by atoms with E-state index in [1.807, 2.05) is 23.1 Å². The van der Waals surface area contributed by atoms with E-state index in [1.54, 1.807) is 6.07 Å². The van der Waals surface area contributed by atoms with Crippen LogP contribution in [0.3, 0.4) is 0 Å². The van der Waals surface area contributed by atoms with Gasteiger partial charge in [0.15, 0.2) is 0 Å². The Kier molecular flexibility index (Phi) is 7.29. The molecule has 0 atom stereocenters. The monoisotopic (exact) mass is 504 g/mol. The summed E-state index contributed by atoms with van der Waals surface area (Å²) in [6.07, 6.45) is 3.84. The van der Waals surface area contributed by atoms with Crippen molar-refractivity contribution in [3.05, 3.63) is 99.0 Å². The molecule has 1 fully saturated rings. The summed E-state index contributed by atoms with van der Waals surface area (Å²) in [7, 11) is 0. The van der Waals surface area contributed by atoms with E-state index in [0.717, 1.165) is 54.5 Å². The smallest absolute Gasteiger partial charge is 0.251 e. The predicted molar refractivity (Wildman–Crippen MR) is 146 cm³/mol. The molecule has 3 aromatic rings. The molecule has 0 saturated heterocycles. The minimum absolute atomic E-state index is 0.105. The molecule has 5 heteroatoms. The number of hydrogen-bond acceptors (Lipinski definition) is 2. The highest BCUT2D eigenvalue weighted by Gasteiger charge is 2.35. The van der Waals surface area contributed by atoms with Gasteiger partial charge in [0.05, 0.1) is 10.0 Å². The van der Waals surface area contributed by atoms with Crippen LogP contribution in [0.25, 0.3) is 16.7 Å². The highest BCUT2D eigenvalue weighted by atomic mass is 35.5. The molecule has 1 amide bonds. The third-order valence-corrected chi connectivity index (χ3v) is 7.81. The molecule has 1 aliphatic carbocycles. The fourth-order valence-electron chi connectivity index (χ4n) is 4.86. The van der Waals surface area contributed by atoms with Gasteiger partial charge in [-0.25, -0.2) is 0 Å². The first-order valence-corrected chi connectivity index (χ1v) is 13.2. The first-order chi connectivity index (χ1) is 17.0. The molecule has 0 bridgehead atoms. The van der Waals surface area contributed by atoms with E-state index in [9.17, 15) is 4.79 Å². The van der Waals surface area contributed by atoms with Crippen molar-refractivity contribution in [1.82, 2.24) is 10.2 Å². The highest BCUT2D eigenvalue weighted by Crippen LogP contribution is 2.36. The fourth-order valence-corrected chi connectivity index (χ4v) is 5.24. The van der Waals surface area contributed by atoms with Crippen molar-refractivity contribution in [2.45, 2.75) is 45.2 Å². The van der Waals surface area contributed by atoms with Crippen LogP contribution in [0, 0.1) is 0 Å². The molecule has 0 radical (unpaired) electrons. The lowest BCUT2D eigenvalue weighted by Crippen LogP contribution is -2.39. The number of nitrogens with one attached hydrogen (secondary N) is 1. The molecule has 3 nitrogen and oxygen atoms in total. The third kappa shape index (κ3) is 5.33. The van der Waals surface area contributed by atoms with E-state index in [1.165, 1.54) is 16.7 Å². The van der Waals surface area contributed by atoms with Crippen LogP contribution < -0.4 is 5.32 Å². The zero-order chi connectivity index (χ0) is 24.4. The summed E-state index contributed by atoms with van der Waals surface area (Å²) < 4.78 is 0. The molecular formula is C30H30Cl2N2O. The van der Waals surface area contributed by atoms with Crippen LogP contribution in [0.15, 0.2) is 72.3 Å². The van der Waals surface area contributed by atoms with Crippen LogP contribution in [0.5, 0.6) is 0 Å². The third-order valence-electron chi connectivity index (χ3n) is 6.95. The Hall–Kier alpha value is -2.59. The number of rotatable bonds is 7. The van der Waals surface area contributed by atoms with Crippen LogP contribution in [0.1, 0.15) is 42.9 Å². The lowest BCUT2D eigenvalue weighted by molar-refractivity contribution is -0.128. The van der Waals surface area contributed by atoms with Gasteiger partial charge in [0.1, 0.15) is 0 Å². The van der Waals surface area contributed by atoms with Crippen LogP contribution in [-0.2, 0) is 17.8 Å². The van der Waals surface area contributed by atoms with Crippen molar-refractivity contribution >= 4 is 34.7 Å². The van der Waals surface area contributed by atoms with Gasteiger partial charge in [-0.2, -0.15) is 0 Å². The second-order valence-corrected chi connectivity index (χ2v) is 10.2. The Labute approximate surface area is 217 Å². The molecule has 0 aromatic heterocycles. The molecule has 2 aliphatic rings. The van der Waals surface area contributed by atoms with Crippen molar-refractivity contribution in [3.63, 3.8) is 0 Å². The first kappa shape index (κ1) is 24.1. The number of carbonyl (C=O) groups excluding carboxylic acids is 1. The standard InChI is InChI=1S/C30H30Cl2N2O/c1-2-20-15-23(21-7-4-3-5-8-21)17-24(16-20)26-13-14-33-18-27(26)30(35)34(25-11-12-25)19-22-9-6-10-28(31)29(22)32/h3-10,15-17,25,33H,2,11-14,18-19H2,1H3. The van der Waals surface area contributed by atoms with Gasteiger partial charge >= 0.3 is 0 Å². The molecule has 0 unspecified atom stereocenters. The number of amides is 1. The summed E-state index contributed by atoms with van der Waals surface area (Å²) >= 11 is 12.8. The summed E-state index contributed by atoms with van der Waals surface area (Å²) in [5.74, 6) is 0.105. The lowest BCUT2D eigenvalue weighted by Gasteiger charge is -2.29. The highest BCUT2D eigenvalue weighted by molar-refractivity contribution is 6.42. The molecule has 1 heterocycles. The fraction of sp³-hybridized carbons (Fsp3) is 0.300. The molecule has 3 aromatic carbocycles. The van der Waals surface area contributed by atoms with E-state index in [-0.39, 0.29) is 11.9 Å². The second-order valence-electron chi connectivity index (χ2n) is 9.40. The normalized spacial score (nSPS) is 15.9. The van der Waals surface area contributed by atoms with Crippen LogP contribution in [0.4, 0.5) is 0 Å². The Morgan fingerprint density at radius 1 is 0.971 bits per heavy atom. The van der Waals surface area contributed by atoms with E-state index in [4.69, 9.17) is 23.2 Å². The van der Waals surface area contributed by atoms with E-state index >= 15 is 0 Å². The first-order valence-electron chi connectivity index (χ1n) is 12.4. The SMILES string of the molecule is CCc1cc(C2=C(C(=O)N(Cc3cccc(Cl)c3Cl)C3CC3)CNCC2)cc(-c2ccccc2)c1. The zero-order valence-electron chi connectivity index (χ0n) is 20.0. The second kappa shape index (κ2) is 10.6.